The third-order valence-electron chi connectivity index (χ3n) is 28.1. The first-order valence-electron chi connectivity index (χ1n) is 48.5. The molecule has 712 valence electrons. The topological polar surface area (TPSA) is 353 Å². The molecule has 8 N–H and O–H groups in total. The Labute approximate surface area is 801 Å². The van der Waals surface area contributed by atoms with E-state index in [0.29, 0.717) is 114 Å². The molecule has 2 fully saturated rings. The zero-order valence-electron chi connectivity index (χ0n) is 78.2. The van der Waals surface area contributed by atoms with E-state index in [9.17, 15) is 68.4 Å². The van der Waals surface area contributed by atoms with Crippen LogP contribution >= 0.6 is 0 Å². The lowest BCUT2D eigenvalue weighted by molar-refractivity contribution is -0.127. The lowest BCUT2D eigenvalue weighted by atomic mass is 9.77. The Balaban J connectivity index is 0.000000191. The number of amides is 6. The summed E-state index contributed by atoms with van der Waals surface area (Å²) in [4.78, 5) is 139. The monoisotopic (exact) mass is 1860 g/mol. The quantitative estimate of drug-likeness (QED) is 0.0105. The van der Waals surface area contributed by atoms with Gasteiger partial charge in [-0.05, 0) is 254 Å². The number of phenols is 4. The summed E-state index contributed by atoms with van der Waals surface area (Å²) in [5.74, 6) is -0.702. The summed E-state index contributed by atoms with van der Waals surface area (Å²) >= 11 is 0. The van der Waals surface area contributed by atoms with Crippen LogP contribution in [0.5, 0.6) is 46.0 Å². The van der Waals surface area contributed by atoms with Gasteiger partial charge in [0.25, 0.3) is 11.8 Å². The van der Waals surface area contributed by atoms with Crippen LogP contribution in [-0.2, 0) is 65.8 Å². The normalized spacial score (nSPS) is 16.5. The number of aromatic hydroxyl groups is 4. The molecule has 6 aliphatic rings. The third-order valence-corrected chi connectivity index (χ3v) is 28.1. The van der Waals surface area contributed by atoms with Gasteiger partial charge in [0.2, 0.25) is 23.6 Å². The van der Waals surface area contributed by atoms with Crippen molar-refractivity contribution in [1.82, 2.24) is 30.4 Å². The van der Waals surface area contributed by atoms with Crippen molar-refractivity contribution in [2.75, 3.05) is 49.1 Å². The van der Waals surface area contributed by atoms with Crippen molar-refractivity contribution in [2.24, 2.45) is 23.7 Å². The molecule has 0 bridgehead atoms. The first kappa shape index (κ1) is 94.9. The maximum Gasteiger partial charge on any atom is 0.340 e. The Morgan fingerprint density at radius 3 is 1.14 bits per heavy atom. The summed E-state index contributed by atoms with van der Waals surface area (Å²) < 4.78 is 28.1. The zero-order chi connectivity index (χ0) is 96.5. The summed E-state index contributed by atoms with van der Waals surface area (Å²) in [6.45, 7) is 11.3. The fourth-order valence-corrected chi connectivity index (χ4v) is 20.8. The predicted octanol–water partition coefficient (Wildman–Crippen LogP) is 19.4. The van der Waals surface area contributed by atoms with E-state index in [0.717, 1.165) is 160 Å². The van der Waals surface area contributed by atoms with E-state index >= 15 is 0 Å². The minimum Gasteiger partial charge on any atom is -0.508 e. The number of esters is 2. The van der Waals surface area contributed by atoms with Gasteiger partial charge in [0.15, 0.2) is 22.8 Å². The van der Waals surface area contributed by atoms with E-state index in [1.807, 2.05) is 108 Å². The average molecular weight is 1860 g/mol. The molecule has 10 aromatic carbocycles. The van der Waals surface area contributed by atoms with Gasteiger partial charge in [-0.1, -0.05) is 106 Å². The number of hydrogen-bond donors (Lipinski definition) is 8. The second kappa shape index (κ2) is 41.8. The molecule has 6 heterocycles. The Kier molecular flexibility index (Phi) is 28.8. The molecule has 2 saturated carbocycles. The number of nitrogens with zero attached hydrogens (tertiary/aromatic N) is 4. The summed E-state index contributed by atoms with van der Waals surface area (Å²) in [6.07, 6.45) is 15.2. The Morgan fingerprint density at radius 1 is 0.370 bits per heavy atom. The van der Waals surface area contributed by atoms with Crippen LogP contribution in [0, 0.1) is 23.7 Å². The maximum absolute atomic E-state index is 14.0. The number of nitrogens with one attached hydrogen (secondary N) is 4. The average Bonchev–Trinajstić information content (AvgIpc) is 1.51. The Hall–Kier alpha value is -14.8. The number of phenolic OH excluding ortho intramolecular Hbond substituents is 4. The molecule has 0 radical (unpaired) electrons. The smallest absolute Gasteiger partial charge is 0.340 e. The number of benzene rings is 10. The van der Waals surface area contributed by atoms with E-state index in [1.165, 1.54) is 54.6 Å². The van der Waals surface area contributed by atoms with Gasteiger partial charge in [-0.25, -0.2) is 9.59 Å². The van der Waals surface area contributed by atoms with Gasteiger partial charge in [-0.2, -0.15) is 0 Å². The van der Waals surface area contributed by atoms with Crippen LogP contribution in [-0.4, -0.2) is 128 Å². The number of anilines is 2. The number of ether oxygens (including phenoxy) is 4. The van der Waals surface area contributed by atoms with Crippen molar-refractivity contribution < 1.29 is 87.3 Å². The molecule has 0 unspecified atom stereocenters. The number of para-hydroxylation sites is 2. The van der Waals surface area contributed by atoms with Crippen LogP contribution in [0.25, 0.3) is 21.8 Å². The van der Waals surface area contributed by atoms with E-state index in [4.69, 9.17) is 18.9 Å². The highest BCUT2D eigenvalue weighted by atomic mass is 16.6. The van der Waals surface area contributed by atoms with Crippen molar-refractivity contribution in [3.63, 3.8) is 0 Å². The number of hydrogen-bond acceptors (Lipinski definition) is 18. The van der Waals surface area contributed by atoms with Crippen LogP contribution in [0.15, 0.2) is 218 Å². The van der Waals surface area contributed by atoms with Gasteiger partial charge in [-0.15, -0.1) is 0 Å². The van der Waals surface area contributed by atoms with E-state index in [-0.39, 0.29) is 135 Å². The molecule has 26 nitrogen and oxygen atoms in total. The number of carbonyl (C=O) groups is 10. The van der Waals surface area contributed by atoms with Crippen LogP contribution in [0.1, 0.15) is 250 Å². The van der Waals surface area contributed by atoms with Gasteiger partial charge >= 0.3 is 11.9 Å². The molecule has 138 heavy (non-hydrogen) atoms. The Morgan fingerprint density at radius 2 is 0.739 bits per heavy atom. The number of carbonyl (C=O) groups excluding carboxylic acids is 10. The lowest BCUT2D eigenvalue weighted by Gasteiger charge is -2.36. The second-order valence-electron chi connectivity index (χ2n) is 36.9. The van der Waals surface area contributed by atoms with Crippen molar-refractivity contribution in [2.45, 2.75) is 180 Å². The standard InChI is InChI=1S/2C56H58N4O9/c1-3-35-12-11-14-40(28-35)59(4-2)52(64)34-60-47-15-8-7-13-38(47)31-48(60)49(63)29-36-16-18-37(19-17-36)53(65)57-26-9-5-6-10-27-58-54(66)39-20-23-44-43(30-39)55(67)69-56(44)45-24-21-41(61)32-50(45)68-51-33-42(62)22-25-46(51)56;1-3-35-12-11-14-40(28-35)59(4-2)52(64)34-60-47-15-8-7-13-38(47)31-48(60)49(63)29-36-16-18-37(19-17-36)53(65)57-26-9-5-6-10-27-58-54(66)39-20-23-43-46(30-39)56(69-55(43)67)44-24-21-41(61)32-50(44)68-51-33-42(62)22-25-45(51)56/h2*7-8,11-15,20-25,28,30-33,36-37,61-62H,3-6,9-10,16-19,26-27,29,34H2,1-2H3,(H,57,65)(H,58,66). The van der Waals surface area contributed by atoms with E-state index in [2.05, 4.69) is 59.4 Å². The molecule has 2 aromatic heterocycles. The van der Waals surface area contributed by atoms with Gasteiger partial charge in [-0.3, -0.25) is 38.4 Å². The molecule has 12 aromatic rings. The molecule has 6 amide bonds. The SMILES string of the molecule is CCc1cccc(N(CC)C(=O)Cn2c(C(=O)CC3CCC(C(=O)NCCCCCCNC(=O)c4ccc5c(c4)C(=O)OC54c5ccc(O)cc5Oc5cc(O)ccc54)CC3)cc3ccccc32)c1.CCc1cccc(N(CC)C(=O)Cn2c(C(=O)CC3CCC(C(=O)NCCCCCCNC(=O)c4ccc5c(c4)C4(OC5=O)c5ccc(O)cc5Oc5cc(O)ccc54)CC3)cc3ccccc32)c1. The fraction of sp³-hybridized carbons (Fsp3) is 0.339. The lowest BCUT2D eigenvalue weighted by Crippen LogP contribution is -2.35. The molecule has 0 saturated heterocycles. The third kappa shape index (κ3) is 19.8. The molecule has 2 aliphatic carbocycles. The number of ketones is 2. The number of rotatable bonds is 34. The zero-order valence-corrected chi connectivity index (χ0v) is 78.2. The molecule has 26 heteroatoms. The Bertz CT molecular complexity index is 6590. The van der Waals surface area contributed by atoms with Gasteiger partial charge in [0, 0.05) is 166 Å². The number of fused-ring (bicyclic) bond motifs is 14. The van der Waals surface area contributed by atoms with Crippen molar-refractivity contribution >= 4 is 92.1 Å². The summed E-state index contributed by atoms with van der Waals surface area (Å²) in [7, 11) is 0. The van der Waals surface area contributed by atoms with Gasteiger partial charge in [0.1, 0.15) is 59.1 Å². The highest BCUT2D eigenvalue weighted by Crippen LogP contribution is 2.59. The van der Waals surface area contributed by atoms with Crippen molar-refractivity contribution in [3.05, 3.63) is 297 Å². The van der Waals surface area contributed by atoms with Crippen LogP contribution in [0.3, 0.4) is 0 Å². The molecule has 0 atom stereocenters. The molecular weight excluding hydrogens is 1750 g/mol. The van der Waals surface area contributed by atoms with Crippen LogP contribution in [0.2, 0.25) is 0 Å². The highest BCUT2D eigenvalue weighted by Gasteiger charge is 2.56. The number of aryl methyl sites for hydroxylation is 2. The van der Waals surface area contributed by atoms with Gasteiger partial charge in [0.05, 0.1) is 22.5 Å². The maximum atomic E-state index is 14.0. The molecule has 18 rings (SSSR count). The molecule has 4 aliphatic heterocycles. The highest BCUT2D eigenvalue weighted by molar-refractivity contribution is 6.06. The minimum absolute atomic E-state index is 0.0197. The van der Waals surface area contributed by atoms with Crippen LogP contribution < -0.4 is 40.5 Å². The summed E-state index contributed by atoms with van der Waals surface area (Å²) in [5.41, 5.74) is 8.15. The van der Waals surface area contributed by atoms with Crippen LogP contribution in [0.4, 0.5) is 11.4 Å². The van der Waals surface area contributed by atoms with Gasteiger partial charge < -0.3 is 79.6 Å². The molecular formula is C112H116N8O18. The predicted molar refractivity (Wildman–Crippen MR) is 524 cm³/mol. The minimum atomic E-state index is -1.46. The summed E-state index contributed by atoms with van der Waals surface area (Å²) in [5, 5.41) is 54.9. The number of unbranched alkanes of at least 4 members (excludes halogenated alkanes) is 6. The number of aromatic nitrogens is 2. The fourth-order valence-electron chi connectivity index (χ4n) is 20.8. The first-order chi connectivity index (χ1) is 66.9. The summed E-state index contributed by atoms with van der Waals surface area (Å²) in [6, 6.07) is 63.4. The first-order valence-corrected chi connectivity index (χ1v) is 48.5. The molecule has 2 spiro atoms. The largest absolute Gasteiger partial charge is 0.508 e. The second-order valence-corrected chi connectivity index (χ2v) is 36.9. The van der Waals surface area contributed by atoms with Crippen molar-refractivity contribution in [1.29, 1.82) is 0 Å². The number of Topliss-reactive ketones (excluding diaryl/α,β-unsaturated/α-hetero) is 2. The van der Waals surface area contributed by atoms with E-state index in [1.54, 1.807) is 64.4 Å². The van der Waals surface area contributed by atoms with E-state index < -0.39 is 23.1 Å². The van der Waals surface area contributed by atoms with Crippen molar-refractivity contribution in [3.8, 4) is 46.0 Å². The number of likely N-dealkylation sites (N-methyl/N-ethyl adjacent to an activating group) is 2.